The zero-order valence-corrected chi connectivity index (χ0v) is 14.0. The molecule has 0 unspecified atom stereocenters. The van der Waals surface area contributed by atoms with Crippen LogP contribution in [-0.2, 0) is 13.6 Å². The summed E-state index contributed by atoms with van der Waals surface area (Å²) in [5.41, 5.74) is 0.989. The summed E-state index contributed by atoms with van der Waals surface area (Å²) in [5, 5.41) is 6.95. The van der Waals surface area contributed by atoms with Gasteiger partial charge in [0.15, 0.2) is 0 Å². The van der Waals surface area contributed by atoms with E-state index in [-0.39, 0.29) is 11.8 Å². The summed E-state index contributed by atoms with van der Waals surface area (Å²) in [7, 11) is 3.59. The van der Waals surface area contributed by atoms with E-state index >= 15 is 0 Å². The van der Waals surface area contributed by atoms with Crippen LogP contribution in [0.15, 0.2) is 36.7 Å². The molecular weight excluding hydrogens is 311 g/mol. The number of carbonyl (C=O) groups is 1. The summed E-state index contributed by atoms with van der Waals surface area (Å²) >= 11 is 0. The zero-order chi connectivity index (χ0) is 17.4. The molecule has 1 heterocycles. The third-order valence-electron chi connectivity index (χ3n) is 3.45. The first-order chi connectivity index (χ1) is 11.5. The second kappa shape index (κ2) is 8.90. The Labute approximate surface area is 141 Å². The molecule has 0 aliphatic heterocycles. The fraction of sp³-hybridized carbons (Fsp3) is 0.412. The highest BCUT2D eigenvalue weighted by Gasteiger charge is 2.09. The number of hydrogen-bond acceptors (Lipinski definition) is 3. The highest BCUT2D eigenvalue weighted by Crippen LogP contribution is 2.11. The summed E-state index contributed by atoms with van der Waals surface area (Å²) in [6.07, 6.45) is 5.25. The van der Waals surface area contributed by atoms with Crippen LogP contribution in [0.4, 0.5) is 9.18 Å². The molecule has 6 nitrogen and oxygen atoms in total. The first-order valence-corrected chi connectivity index (χ1v) is 7.89. The van der Waals surface area contributed by atoms with Gasteiger partial charge in [-0.15, -0.1) is 0 Å². The Hall–Kier alpha value is -2.57. The number of hydrogen-bond donors (Lipinski definition) is 1. The van der Waals surface area contributed by atoms with Crippen molar-refractivity contribution in [1.29, 1.82) is 0 Å². The van der Waals surface area contributed by atoms with E-state index in [2.05, 4.69) is 10.4 Å². The largest absolute Gasteiger partial charge is 0.494 e. The molecule has 0 radical (unpaired) electrons. The fourth-order valence-corrected chi connectivity index (χ4v) is 2.18. The van der Waals surface area contributed by atoms with Gasteiger partial charge >= 0.3 is 6.03 Å². The zero-order valence-electron chi connectivity index (χ0n) is 14.0. The molecular formula is C17H23FN4O2. The van der Waals surface area contributed by atoms with Gasteiger partial charge in [-0.25, -0.2) is 9.18 Å². The van der Waals surface area contributed by atoms with Crippen LogP contribution in [0.25, 0.3) is 0 Å². The fourth-order valence-electron chi connectivity index (χ4n) is 2.18. The summed E-state index contributed by atoms with van der Waals surface area (Å²) in [6, 6.07) is 5.83. The van der Waals surface area contributed by atoms with Crippen molar-refractivity contribution in [2.24, 2.45) is 7.05 Å². The number of benzene rings is 1. The Kier molecular flexibility index (Phi) is 6.60. The second-order valence-corrected chi connectivity index (χ2v) is 5.62. The lowest BCUT2D eigenvalue weighted by molar-refractivity contribution is 0.206. The summed E-state index contributed by atoms with van der Waals surface area (Å²) < 4.78 is 20.0. The van der Waals surface area contributed by atoms with Gasteiger partial charge in [-0.1, -0.05) is 0 Å². The third kappa shape index (κ3) is 5.91. The molecule has 0 saturated heterocycles. The first-order valence-electron chi connectivity index (χ1n) is 7.89. The summed E-state index contributed by atoms with van der Waals surface area (Å²) in [5.74, 6) is 0.372. The number of halogens is 1. The molecule has 24 heavy (non-hydrogen) atoms. The third-order valence-corrected chi connectivity index (χ3v) is 3.45. The van der Waals surface area contributed by atoms with Crippen molar-refractivity contribution in [3.8, 4) is 5.75 Å². The number of aryl methyl sites for hydroxylation is 1. The molecule has 0 saturated carbocycles. The van der Waals surface area contributed by atoms with Gasteiger partial charge in [0.05, 0.1) is 19.3 Å². The molecule has 2 aromatic rings. The van der Waals surface area contributed by atoms with Gasteiger partial charge in [0, 0.05) is 32.4 Å². The Morgan fingerprint density at radius 2 is 2.08 bits per heavy atom. The SMILES string of the molecule is CN(Cc1cnn(C)c1)C(=O)NCCCCOc1ccc(F)cc1. The highest BCUT2D eigenvalue weighted by molar-refractivity contribution is 5.73. The van der Waals surface area contributed by atoms with E-state index in [1.807, 2.05) is 13.2 Å². The van der Waals surface area contributed by atoms with Gasteiger partial charge in [0.2, 0.25) is 0 Å². The van der Waals surface area contributed by atoms with E-state index < -0.39 is 0 Å². The van der Waals surface area contributed by atoms with Crippen LogP contribution in [0.3, 0.4) is 0 Å². The van der Waals surface area contributed by atoms with E-state index in [9.17, 15) is 9.18 Å². The van der Waals surface area contributed by atoms with Crippen LogP contribution in [0, 0.1) is 5.82 Å². The van der Waals surface area contributed by atoms with Crippen molar-refractivity contribution >= 4 is 6.03 Å². The van der Waals surface area contributed by atoms with Gasteiger partial charge in [-0.3, -0.25) is 4.68 Å². The molecule has 1 aromatic carbocycles. The van der Waals surface area contributed by atoms with E-state index in [1.54, 1.807) is 35.0 Å². The van der Waals surface area contributed by atoms with Gasteiger partial charge < -0.3 is 15.0 Å². The van der Waals surface area contributed by atoms with Gasteiger partial charge in [0.1, 0.15) is 11.6 Å². The predicted octanol–water partition coefficient (Wildman–Crippen LogP) is 2.56. The van der Waals surface area contributed by atoms with Crippen LogP contribution < -0.4 is 10.1 Å². The number of ether oxygens (including phenoxy) is 1. The standard InChI is InChI=1S/C17H23FN4O2/c1-21(12-14-11-20-22(2)13-14)17(23)19-9-3-4-10-24-16-7-5-15(18)6-8-16/h5-8,11,13H,3-4,9-10,12H2,1-2H3,(H,19,23). The quantitative estimate of drug-likeness (QED) is 0.755. The van der Waals surface area contributed by atoms with E-state index in [1.165, 1.54) is 12.1 Å². The van der Waals surface area contributed by atoms with Gasteiger partial charge in [-0.2, -0.15) is 5.10 Å². The smallest absolute Gasteiger partial charge is 0.317 e. The molecule has 0 bridgehead atoms. The number of urea groups is 1. The van der Waals surface area contributed by atoms with E-state index in [0.29, 0.717) is 25.4 Å². The number of unbranched alkanes of at least 4 members (excludes halogenated alkanes) is 1. The molecule has 130 valence electrons. The number of rotatable bonds is 8. The number of nitrogens with one attached hydrogen (secondary N) is 1. The lowest BCUT2D eigenvalue weighted by Gasteiger charge is -2.17. The molecule has 0 aliphatic rings. The predicted molar refractivity (Wildman–Crippen MR) is 89.2 cm³/mol. The topological polar surface area (TPSA) is 59.4 Å². The second-order valence-electron chi connectivity index (χ2n) is 5.62. The Morgan fingerprint density at radius 1 is 1.33 bits per heavy atom. The average Bonchev–Trinajstić information content (AvgIpc) is 2.97. The Balaban J connectivity index is 1.56. The highest BCUT2D eigenvalue weighted by atomic mass is 19.1. The minimum Gasteiger partial charge on any atom is -0.494 e. The molecule has 0 fully saturated rings. The van der Waals surface area contributed by atoms with Gasteiger partial charge in [-0.05, 0) is 37.1 Å². The molecule has 0 atom stereocenters. The normalized spacial score (nSPS) is 10.5. The van der Waals surface area contributed by atoms with Crippen molar-refractivity contribution in [3.05, 3.63) is 48.0 Å². The van der Waals surface area contributed by atoms with Gasteiger partial charge in [0.25, 0.3) is 0 Å². The molecule has 2 rings (SSSR count). The molecule has 7 heteroatoms. The summed E-state index contributed by atoms with van der Waals surface area (Å²) in [6.45, 7) is 1.64. The maximum atomic E-state index is 12.8. The maximum absolute atomic E-state index is 12.8. The maximum Gasteiger partial charge on any atom is 0.317 e. The first kappa shape index (κ1) is 17.8. The van der Waals surface area contributed by atoms with E-state index in [0.717, 1.165) is 18.4 Å². The Morgan fingerprint density at radius 3 is 2.75 bits per heavy atom. The van der Waals surface area contributed by atoms with Crippen molar-refractivity contribution in [2.75, 3.05) is 20.2 Å². The molecule has 1 aromatic heterocycles. The van der Waals surface area contributed by atoms with Crippen LogP contribution in [-0.4, -0.2) is 40.9 Å². The monoisotopic (exact) mass is 334 g/mol. The molecule has 1 N–H and O–H groups in total. The van der Waals surface area contributed by atoms with Crippen molar-refractivity contribution in [3.63, 3.8) is 0 Å². The summed E-state index contributed by atoms with van der Waals surface area (Å²) in [4.78, 5) is 13.6. The van der Waals surface area contributed by atoms with Crippen molar-refractivity contribution < 1.29 is 13.9 Å². The van der Waals surface area contributed by atoms with Crippen molar-refractivity contribution in [2.45, 2.75) is 19.4 Å². The number of aromatic nitrogens is 2. The van der Waals surface area contributed by atoms with E-state index in [4.69, 9.17) is 4.74 Å². The minimum absolute atomic E-state index is 0.113. The van der Waals surface area contributed by atoms with Crippen LogP contribution in [0.2, 0.25) is 0 Å². The molecule has 2 amide bonds. The number of amides is 2. The number of carbonyl (C=O) groups excluding carboxylic acids is 1. The minimum atomic E-state index is -0.277. The lowest BCUT2D eigenvalue weighted by Crippen LogP contribution is -2.37. The van der Waals surface area contributed by atoms with Crippen LogP contribution >= 0.6 is 0 Å². The lowest BCUT2D eigenvalue weighted by atomic mass is 10.3. The average molecular weight is 334 g/mol. The van der Waals surface area contributed by atoms with Crippen LogP contribution in [0.1, 0.15) is 18.4 Å². The molecule has 0 spiro atoms. The Bertz CT molecular complexity index is 642. The van der Waals surface area contributed by atoms with Crippen molar-refractivity contribution in [1.82, 2.24) is 20.0 Å². The number of nitrogens with zero attached hydrogens (tertiary/aromatic N) is 3. The molecule has 0 aliphatic carbocycles. The van der Waals surface area contributed by atoms with Crippen LogP contribution in [0.5, 0.6) is 5.75 Å².